The summed E-state index contributed by atoms with van der Waals surface area (Å²) in [5, 5.41) is 2.31. The van der Waals surface area contributed by atoms with Crippen molar-refractivity contribution in [3.05, 3.63) is 63.1 Å². The second kappa shape index (κ2) is 7.03. The third kappa shape index (κ3) is 4.11. The number of nitrogens with one attached hydrogen (secondary N) is 1. The van der Waals surface area contributed by atoms with Crippen LogP contribution in [0.2, 0.25) is 0 Å². The first kappa shape index (κ1) is 19.2. The number of aromatic nitrogens is 1. The van der Waals surface area contributed by atoms with Crippen molar-refractivity contribution in [2.45, 2.75) is 26.6 Å². The predicted octanol–water partition coefficient (Wildman–Crippen LogP) is 2.22. The van der Waals surface area contributed by atoms with Crippen molar-refractivity contribution in [3.63, 3.8) is 0 Å². The highest BCUT2D eigenvalue weighted by Crippen LogP contribution is 2.30. The number of alkyl halides is 3. The topological polar surface area (TPSA) is 94.2 Å². The maximum absolute atomic E-state index is 12.7. The Kier molecular flexibility index (Phi) is 5.20. The summed E-state index contributed by atoms with van der Waals surface area (Å²) in [6.45, 7) is 2.64. The Balaban J connectivity index is 2.28. The quantitative estimate of drug-likeness (QED) is 0.868. The van der Waals surface area contributed by atoms with E-state index < -0.39 is 35.7 Å². The molecule has 138 valence electrons. The van der Waals surface area contributed by atoms with Gasteiger partial charge in [-0.1, -0.05) is 6.07 Å². The monoisotopic (exact) mass is 367 g/mol. The van der Waals surface area contributed by atoms with Crippen LogP contribution in [0.25, 0.3) is 0 Å². The average Bonchev–Trinajstić information content (AvgIpc) is 2.50. The number of benzene rings is 1. The zero-order chi connectivity index (χ0) is 19.6. The summed E-state index contributed by atoms with van der Waals surface area (Å²) in [5.41, 5.74) is 4.06. The number of nitrogens with two attached hydrogens (primary N) is 1. The van der Waals surface area contributed by atoms with Crippen LogP contribution in [0.15, 0.2) is 35.1 Å². The van der Waals surface area contributed by atoms with Gasteiger partial charge in [-0.15, -0.1) is 0 Å². The van der Waals surface area contributed by atoms with Crippen molar-refractivity contribution in [2.24, 2.45) is 5.73 Å². The molecule has 1 aromatic carbocycles. The second-order valence-corrected chi connectivity index (χ2v) is 5.73. The van der Waals surface area contributed by atoms with Gasteiger partial charge in [0.2, 0.25) is 5.91 Å². The van der Waals surface area contributed by atoms with Gasteiger partial charge in [0.15, 0.2) is 0 Å². The minimum atomic E-state index is -4.54. The number of amides is 2. The molecule has 1 aromatic heterocycles. The zero-order valence-electron chi connectivity index (χ0n) is 14.0. The number of anilines is 1. The minimum Gasteiger partial charge on any atom is -0.365 e. The normalized spacial score (nSPS) is 11.3. The van der Waals surface area contributed by atoms with Crippen molar-refractivity contribution >= 4 is 17.5 Å². The van der Waals surface area contributed by atoms with Gasteiger partial charge in [-0.2, -0.15) is 13.2 Å². The molecule has 0 saturated carbocycles. The number of hydrogen-bond donors (Lipinski definition) is 2. The van der Waals surface area contributed by atoms with E-state index in [-0.39, 0.29) is 11.3 Å². The summed E-state index contributed by atoms with van der Waals surface area (Å²) < 4.78 is 39.2. The summed E-state index contributed by atoms with van der Waals surface area (Å²) in [4.78, 5) is 35.9. The second-order valence-electron chi connectivity index (χ2n) is 5.73. The molecule has 6 nitrogen and oxygen atoms in total. The maximum atomic E-state index is 12.7. The Hall–Kier alpha value is -3.10. The van der Waals surface area contributed by atoms with Crippen molar-refractivity contribution in [1.82, 2.24) is 4.57 Å². The highest BCUT2D eigenvalue weighted by molar-refractivity contribution is 5.94. The molecule has 2 rings (SSSR count). The lowest BCUT2D eigenvalue weighted by Gasteiger charge is -2.14. The van der Waals surface area contributed by atoms with Gasteiger partial charge >= 0.3 is 6.18 Å². The first-order chi connectivity index (χ1) is 12.0. The molecule has 0 atom stereocenters. The molecule has 0 bridgehead atoms. The average molecular weight is 367 g/mol. The van der Waals surface area contributed by atoms with E-state index >= 15 is 0 Å². The van der Waals surface area contributed by atoms with E-state index in [0.717, 1.165) is 22.8 Å². The van der Waals surface area contributed by atoms with Gasteiger partial charge in [-0.25, -0.2) is 0 Å². The van der Waals surface area contributed by atoms with Crippen LogP contribution in [0.3, 0.4) is 0 Å². The molecule has 0 aliphatic heterocycles. The lowest BCUT2D eigenvalue weighted by atomic mass is 10.1. The van der Waals surface area contributed by atoms with E-state index in [9.17, 15) is 27.6 Å². The van der Waals surface area contributed by atoms with E-state index in [1.807, 2.05) is 0 Å². The van der Waals surface area contributed by atoms with Crippen LogP contribution < -0.4 is 16.6 Å². The molecule has 9 heteroatoms. The fraction of sp³-hybridized carbons (Fsp3) is 0.235. The standard InChI is InChI=1S/C17H16F3N3O3/c1-9-6-10(2)23(16(26)14(9)15(21)25)8-13(24)22-12-5-3-4-11(7-12)17(18,19)20/h3-7H,8H2,1-2H3,(H2,21,25)(H,22,24). The fourth-order valence-corrected chi connectivity index (χ4v) is 2.54. The largest absolute Gasteiger partial charge is 0.416 e. The lowest BCUT2D eigenvalue weighted by molar-refractivity contribution is -0.137. The van der Waals surface area contributed by atoms with Gasteiger partial charge in [0.25, 0.3) is 11.5 Å². The smallest absolute Gasteiger partial charge is 0.365 e. The van der Waals surface area contributed by atoms with Crippen LogP contribution in [0.4, 0.5) is 18.9 Å². The van der Waals surface area contributed by atoms with Gasteiger partial charge in [0, 0.05) is 11.4 Å². The summed E-state index contributed by atoms with van der Waals surface area (Å²) >= 11 is 0. The van der Waals surface area contributed by atoms with Crippen molar-refractivity contribution in [1.29, 1.82) is 0 Å². The fourth-order valence-electron chi connectivity index (χ4n) is 2.54. The Morgan fingerprint density at radius 2 is 1.85 bits per heavy atom. The highest BCUT2D eigenvalue weighted by Gasteiger charge is 2.30. The van der Waals surface area contributed by atoms with Crippen molar-refractivity contribution in [3.8, 4) is 0 Å². The molecule has 26 heavy (non-hydrogen) atoms. The zero-order valence-corrected chi connectivity index (χ0v) is 14.0. The Labute approximate surface area is 146 Å². The van der Waals surface area contributed by atoms with E-state index in [0.29, 0.717) is 11.3 Å². The Morgan fingerprint density at radius 3 is 2.42 bits per heavy atom. The minimum absolute atomic E-state index is 0.0576. The number of carbonyl (C=O) groups excluding carboxylic acids is 2. The molecule has 0 saturated heterocycles. The summed E-state index contributed by atoms with van der Waals surface area (Å²) in [7, 11) is 0. The maximum Gasteiger partial charge on any atom is 0.416 e. The van der Waals surface area contributed by atoms with Crippen LogP contribution in [-0.4, -0.2) is 16.4 Å². The van der Waals surface area contributed by atoms with E-state index in [4.69, 9.17) is 5.73 Å². The van der Waals surface area contributed by atoms with Crippen molar-refractivity contribution in [2.75, 3.05) is 5.32 Å². The summed E-state index contributed by atoms with van der Waals surface area (Å²) in [6.07, 6.45) is -4.54. The first-order valence-corrected chi connectivity index (χ1v) is 7.48. The van der Waals surface area contributed by atoms with Crippen LogP contribution in [0.5, 0.6) is 0 Å². The lowest BCUT2D eigenvalue weighted by Crippen LogP contribution is -2.35. The number of carbonyl (C=O) groups is 2. The van der Waals surface area contributed by atoms with E-state index in [2.05, 4.69) is 5.32 Å². The molecule has 2 amide bonds. The summed E-state index contributed by atoms with van der Waals surface area (Å²) in [5.74, 6) is -1.63. The number of primary amides is 1. The number of nitrogens with zero attached hydrogens (tertiary/aromatic N) is 1. The molecule has 0 fully saturated rings. The molecular formula is C17H16F3N3O3. The van der Waals surface area contributed by atoms with Crippen LogP contribution >= 0.6 is 0 Å². The Morgan fingerprint density at radius 1 is 1.19 bits per heavy atom. The number of rotatable bonds is 4. The van der Waals surface area contributed by atoms with Gasteiger partial charge < -0.3 is 15.6 Å². The number of pyridine rings is 1. The van der Waals surface area contributed by atoms with Crippen LogP contribution in [-0.2, 0) is 17.5 Å². The molecular weight excluding hydrogens is 351 g/mol. The highest BCUT2D eigenvalue weighted by atomic mass is 19.4. The molecule has 2 aromatic rings. The Bertz CT molecular complexity index is 933. The number of aryl methyl sites for hydroxylation is 2. The van der Waals surface area contributed by atoms with Gasteiger partial charge in [0.1, 0.15) is 12.1 Å². The number of halogens is 3. The molecule has 0 aliphatic carbocycles. The molecule has 1 heterocycles. The van der Waals surface area contributed by atoms with Gasteiger partial charge in [-0.3, -0.25) is 14.4 Å². The van der Waals surface area contributed by atoms with Crippen LogP contribution in [0, 0.1) is 13.8 Å². The first-order valence-electron chi connectivity index (χ1n) is 7.48. The number of hydrogen-bond acceptors (Lipinski definition) is 3. The van der Waals surface area contributed by atoms with Crippen molar-refractivity contribution < 1.29 is 22.8 Å². The third-order valence-electron chi connectivity index (χ3n) is 3.73. The molecule has 0 unspecified atom stereocenters. The molecule has 0 spiro atoms. The predicted molar refractivity (Wildman–Crippen MR) is 88.8 cm³/mol. The summed E-state index contributed by atoms with van der Waals surface area (Å²) in [6, 6.07) is 5.65. The third-order valence-corrected chi connectivity index (χ3v) is 3.73. The van der Waals surface area contributed by atoms with Crippen LogP contribution in [0.1, 0.15) is 27.2 Å². The van der Waals surface area contributed by atoms with E-state index in [1.165, 1.54) is 12.1 Å². The van der Waals surface area contributed by atoms with Gasteiger partial charge in [-0.05, 0) is 43.7 Å². The van der Waals surface area contributed by atoms with Gasteiger partial charge in [0.05, 0.1) is 5.56 Å². The SMILES string of the molecule is Cc1cc(C)n(CC(=O)Nc2cccc(C(F)(F)F)c2)c(=O)c1C(N)=O. The molecule has 0 radical (unpaired) electrons. The molecule has 3 N–H and O–H groups in total. The van der Waals surface area contributed by atoms with E-state index in [1.54, 1.807) is 13.8 Å². The molecule has 0 aliphatic rings.